The Kier molecular flexibility index (Phi) is 7.67. The molecule has 1 saturated carbocycles. The van der Waals surface area contributed by atoms with E-state index in [9.17, 15) is 14.4 Å². The van der Waals surface area contributed by atoms with Gasteiger partial charge in [-0.15, -0.1) is 0 Å². The van der Waals surface area contributed by atoms with E-state index in [1.165, 1.54) is 0 Å². The van der Waals surface area contributed by atoms with Gasteiger partial charge in [0, 0.05) is 25.2 Å². The Hall–Kier alpha value is -3.15. The molecule has 0 spiro atoms. The number of rotatable bonds is 6. The Labute approximate surface area is 190 Å². The minimum Gasteiger partial charge on any atom is -0.357 e. The second-order valence-electron chi connectivity index (χ2n) is 8.30. The molecule has 0 radical (unpaired) electrons. The Morgan fingerprint density at radius 2 is 1.62 bits per heavy atom. The molecule has 0 bridgehead atoms. The molecule has 1 fully saturated rings. The zero-order valence-electron chi connectivity index (χ0n) is 17.8. The van der Waals surface area contributed by atoms with E-state index >= 15 is 0 Å². The van der Waals surface area contributed by atoms with Crippen molar-refractivity contribution in [2.45, 2.75) is 57.5 Å². The fourth-order valence-electron chi connectivity index (χ4n) is 4.93. The second-order valence-corrected chi connectivity index (χ2v) is 8.30. The van der Waals surface area contributed by atoms with Crippen molar-refractivity contribution in [3.8, 4) is 0 Å². The molecule has 170 valence electrons. The van der Waals surface area contributed by atoms with E-state index in [0.29, 0.717) is 24.1 Å². The number of nitrogens with zero attached hydrogens (tertiary/aromatic N) is 1. The van der Waals surface area contributed by atoms with Crippen molar-refractivity contribution in [2.24, 2.45) is 0 Å². The number of amides is 3. The molecule has 2 atom stereocenters. The summed E-state index contributed by atoms with van der Waals surface area (Å²) in [6.07, 6.45) is 4.50. The van der Waals surface area contributed by atoms with Crippen molar-refractivity contribution in [1.82, 2.24) is 15.5 Å². The minimum absolute atomic E-state index is 0. The Bertz CT molecular complexity index is 954. The van der Waals surface area contributed by atoms with Gasteiger partial charge in [-0.05, 0) is 36.5 Å². The van der Waals surface area contributed by atoms with Gasteiger partial charge in [-0.2, -0.15) is 0 Å². The van der Waals surface area contributed by atoms with E-state index in [0.717, 1.165) is 31.2 Å². The molecule has 32 heavy (non-hydrogen) atoms. The summed E-state index contributed by atoms with van der Waals surface area (Å²) in [5, 5.41) is 5.71. The topological polar surface area (TPSA) is 78.5 Å². The van der Waals surface area contributed by atoms with Crippen molar-refractivity contribution in [1.29, 1.82) is 0 Å². The number of carbonyl (C=O) groups excluding carboxylic acids is 3. The summed E-state index contributed by atoms with van der Waals surface area (Å²) in [7, 11) is 1.56. The predicted octanol–water partition coefficient (Wildman–Crippen LogP) is 3.28. The molecule has 0 unspecified atom stereocenters. The largest absolute Gasteiger partial charge is 0.357 e. The lowest BCUT2D eigenvalue weighted by atomic mass is 9.80. The quantitative estimate of drug-likeness (QED) is 0.731. The van der Waals surface area contributed by atoms with Gasteiger partial charge < -0.3 is 15.5 Å². The summed E-state index contributed by atoms with van der Waals surface area (Å²) in [4.78, 5) is 41.5. The van der Waals surface area contributed by atoms with Crippen molar-refractivity contribution < 1.29 is 14.4 Å². The van der Waals surface area contributed by atoms with Crippen LogP contribution < -0.4 is 10.6 Å². The Balaban J connectivity index is 0.00000289. The zero-order chi connectivity index (χ0) is 21.8. The van der Waals surface area contributed by atoms with Crippen LogP contribution in [0.3, 0.4) is 0 Å². The lowest BCUT2D eigenvalue weighted by Crippen LogP contribution is -2.60. The number of hydrogen-bond acceptors (Lipinski definition) is 3. The molecule has 6 nitrogen and oxygen atoms in total. The van der Waals surface area contributed by atoms with E-state index in [-0.39, 0.29) is 31.2 Å². The molecule has 6 heteroatoms. The number of fused-ring (bicyclic) bond motifs is 1. The monoisotopic (exact) mass is 435 g/mol. The van der Waals surface area contributed by atoms with Crippen molar-refractivity contribution in [2.75, 3.05) is 13.6 Å². The van der Waals surface area contributed by atoms with Gasteiger partial charge in [0.1, 0.15) is 6.04 Å². The standard InChI is InChI=1S/C25H29N3O3.CH4/c1-26-24(30)22-21(23(29)27-16-15-17-9-3-2-4-10-17)19-13-7-8-14-20(19)25(31)28(22)18-11-5-6-12-18;/h2-4,7-10,13-14,18,21-22H,5-6,11-12,15-16H2,1H3,(H,26,30)(H,27,29);1H4/t21-,22-;/m1./s1. The van der Waals surface area contributed by atoms with E-state index in [1.807, 2.05) is 42.5 Å². The number of hydrogen-bond donors (Lipinski definition) is 2. The fourth-order valence-corrected chi connectivity index (χ4v) is 4.93. The summed E-state index contributed by atoms with van der Waals surface area (Å²) in [5.41, 5.74) is 2.29. The Morgan fingerprint density at radius 1 is 0.969 bits per heavy atom. The molecule has 0 aromatic heterocycles. The molecular formula is C26H33N3O3. The highest BCUT2D eigenvalue weighted by Crippen LogP contribution is 2.38. The average molecular weight is 436 g/mol. The Morgan fingerprint density at radius 3 is 2.31 bits per heavy atom. The van der Waals surface area contributed by atoms with Crippen LogP contribution in [0.4, 0.5) is 0 Å². The van der Waals surface area contributed by atoms with Crippen LogP contribution in [0.5, 0.6) is 0 Å². The summed E-state index contributed by atoms with van der Waals surface area (Å²) in [5.74, 6) is -1.39. The van der Waals surface area contributed by atoms with Gasteiger partial charge in [0.25, 0.3) is 5.91 Å². The van der Waals surface area contributed by atoms with Gasteiger partial charge in [-0.3, -0.25) is 14.4 Å². The summed E-state index contributed by atoms with van der Waals surface area (Å²) < 4.78 is 0. The van der Waals surface area contributed by atoms with Crippen LogP contribution in [0.2, 0.25) is 0 Å². The smallest absolute Gasteiger partial charge is 0.255 e. The molecule has 2 N–H and O–H groups in total. The highest BCUT2D eigenvalue weighted by molar-refractivity contribution is 6.06. The van der Waals surface area contributed by atoms with Crippen LogP contribution in [-0.4, -0.2) is 48.3 Å². The molecule has 1 aliphatic heterocycles. The molecule has 1 aliphatic carbocycles. The zero-order valence-corrected chi connectivity index (χ0v) is 17.8. The molecule has 1 heterocycles. The van der Waals surface area contributed by atoms with Gasteiger partial charge in [0.05, 0.1) is 5.92 Å². The molecule has 2 aromatic carbocycles. The maximum Gasteiger partial charge on any atom is 0.255 e. The maximum absolute atomic E-state index is 13.4. The van der Waals surface area contributed by atoms with Gasteiger partial charge in [-0.1, -0.05) is 68.8 Å². The van der Waals surface area contributed by atoms with Gasteiger partial charge >= 0.3 is 0 Å². The summed E-state index contributed by atoms with van der Waals surface area (Å²) >= 11 is 0. The summed E-state index contributed by atoms with van der Waals surface area (Å²) in [6.45, 7) is 0.472. The first-order chi connectivity index (χ1) is 15.1. The van der Waals surface area contributed by atoms with Crippen molar-refractivity contribution in [3.05, 3.63) is 71.3 Å². The number of likely N-dealkylation sites (N-methyl/N-ethyl adjacent to an activating group) is 1. The molecule has 0 saturated heterocycles. The number of nitrogens with one attached hydrogen (secondary N) is 2. The maximum atomic E-state index is 13.4. The van der Waals surface area contributed by atoms with Gasteiger partial charge in [0.15, 0.2) is 0 Å². The predicted molar refractivity (Wildman–Crippen MR) is 125 cm³/mol. The van der Waals surface area contributed by atoms with Crippen LogP contribution in [0, 0.1) is 0 Å². The van der Waals surface area contributed by atoms with Crippen molar-refractivity contribution in [3.63, 3.8) is 0 Å². The molecule has 3 amide bonds. The van der Waals surface area contributed by atoms with Crippen LogP contribution in [-0.2, 0) is 16.0 Å². The van der Waals surface area contributed by atoms with E-state index in [4.69, 9.17) is 0 Å². The first kappa shape index (κ1) is 23.5. The molecular weight excluding hydrogens is 402 g/mol. The minimum atomic E-state index is -0.841. The van der Waals surface area contributed by atoms with Crippen molar-refractivity contribution >= 4 is 17.7 Å². The molecule has 4 rings (SSSR count). The first-order valence-corrected chi connectivity index (χ1v) is 11.1. The van der Waals surface area contributed by atoms with Crippen LogP contribution >= 0.6 is 0 Å². The first-order valence-electron chi connectivity index (χ1n) is 11.1. The third-order valence-corrected chi connectivity index (χ3v) is 6.45. The van der Waals surface area contributed by atoms with Gasteiger partial charge in [0.2, 0.25) is 11.8 Å². The van der Waals surface area contributed by atoms with E-state index in [2.05, 4.69) is 10.6 Å². The second kappa shape index (κ2) is 10.4. The highest BCUT2D eigenvalue weighted by atomic mass is 16.2. The lowest BCUT2D eigenvalue weighted by Gasteiger charge is -2.43. The lowest BCUT2D eigenvalue weighted by molar-refractivity contribution is -0.133. The highest BCUT2D eigenvalue weighted by Gasteiger charge is 2.49. The van der Waals surface area contributed by atoms with E-state index in [1.54, 1.807) is 24.1 Å². The van der Waals surface area contributed by atoms with Crippen LogP contribution in [0.25, 0.3) is 0 Å². The summed E-state index contributed by atoms with van der Waals surface area (Å²) in [6, 6.07) is 16.3. The number of carbonyl (C=O) groups is 3. The van der Waals surface area contributed by atoms with Crippen LogP contribution in [0.1, 0.15) is 60.5 Å². The third-order valence-electron chi connectivity index (χ3n) is 6.45. The van der Waals surface area contributed by atoms with Gasteiger partial charge in [-0.25, -0.2) is 0 Å². The number of benzene rings is 2. The SMILES string of the molecule is C.CNC(=O)[C@H]1[C@H](C(=O)NCCc2ccccc2)c2ccccc2C(=O)N1C1CCCC1. The molecule has 2 aromatic rings. The van der Waals surface area contributed by atoms with E-state index < -0.39 is 12.0 Å². The third kappa shape index (κ3) is 4.54. The molecule has 2 aliphatic rings. The van der Waals surface area contributed by atoms with Crippen LogP contribution in [0.15, 0.2) is 54.6 Å². The average Bonchev–Trinajstić information content (AvgIpc) is 3.33. The normalized spacial score (nSPS) is 20.3. The fraction of sp³-hybridized carbons (Fsp3) is 0.423.